The van der Waals surface area contributed by atoms with Crippen LogP contribution in [0.15, 0.2) is 29.3 Å². The van der Waals surface area contributed by atoms with E-state index in [-0.39, 0.29) is 11.4 Å². The summed E-state index contributed by atoms with van der Waals surface area (Å²) in [4.78, 5) is 9.58. The van der Waals surface area contributed by atoms with E-state index in [1.807, 2.05) is 13.1 Å². The van der Waals surface area contributed by atoms with E-state index in [1.54, 1.807) is 12.1 Å². The van der Waals surface area contributed by atoms with Gasteiger partial charge in [0.25, 0.3) is 0 Å². The summed E-state index contributed by atoms with van der Waals surface area (Å²) >= 11 is 0. The van der Waals surface area contributed by atoms with Crippen molar-refractivity contribution < 1.29 is 4.39 Å². The van der Waals surface area contributed by atoms with Crippen LogP contribution in [-0.4, -0.2) is 74.7 Å². The Kier molecular flexibility index (Phi) is 7.68. The Morgan fingerprint density at radius 3 is 2.54 bits per heavy atom. The third-order valence-electron chi connectivity index (χ3n) is 6.35. The molecule has 0 spiro atoms. The first kappa shape index (κ1) is 21.1. The fourth-order valence-electron chi connectivity index (χ4n) is 4.49. The van der Waals surface area contributed by atoms with E-state index in [9.17, 15) is 4.39 Å². The van der Waals surface area contributed by atoms with E-state index >= 15 is 0 Å². The minimum Gasteiger partial charge on any atom is -0.356 e. The first-order chi connectivity index (χ1) is 13.6. The van der Waals surface area contributed by atoms with E-state index in [1.165, 1.54) is 51.3 Å². The Morgan fingerprint density at radius 1 is 1.11 bits per heavy atom. The van der Waals surface area contributed by atoms with Gasteiger partial charge in [0.05, 0.1) is 0 Å². The summed E-state index contributed by atoms with van der Waals surface area (Å²) in [5.41, 5.74) is 1.23. The maximum absolute atomic E-state index is 13.3. The number of halogens is 1. The van der Waals surface area contributed by atoms with E-state index in [2.05, 4.69) is 32.5 Å². The van der Waals surface area contributed by atoms with Crippen molar-refractivity contribution in [1.29, 1.82) is 0 Å². The van der Waals surface area contributed by atoms with Gasteiger partial charge in [0.15, 0.2) is 5.96 Å². The second kappa shape index (κ2) is 10.2. The SMILES string of the molecule is CN=C(NCCc1cccc(F)c1)NCC1(N2CCCCC2)CCN(C)CC1. The summed E-state index contributed by atoms with van der Waals surface area (Å²) in [6.45, 7) is 6.42. The highest BCUT2D eigenvalue weighted by molar-refractivity contribution is 5.79. The molecule has 2 N–H and O–H groups in total. The molecular weight excluding hydrogens is 353 g/mol. The third kappa shape index (κ3) is 5.67. The Hall–Kier alpha value is -1.66. The molecule has 2 saturated heterocycles. The molecule has 2 fully saturated rings. The quantitative estimate of drug-likeness (QED) is 0.580. The summed E-state index contributed by atoms with van der Waals surface area (Å²) in [7, 11) is 4.04. The van der Waals surface area contributed by atoms with E-state index in [4.69, 9.17) is 0 Å². The van der Waals surface area contributed by atoms with Gasteiger partial charge in [-0.1, -0.05) is 18.6 Å². The molecular formula is C22H36FN5. The van der Waals surface area contributed by atoms with Crippen molar-refractivity contribution in [3.63, 3.8) is 0 Å². The smallest absolute Gasteiger partial charge is 0.191 e. The highest BCUT2D eigenvalue weighted by Crippen LogP contribution is 2.30. The van der Waals surface area contributed by atoms with Crippen LogP contribution in [0.25, 0.3) is 0 Å². The van der Waals surface area contributed by atoms with E-state index in [0.717, 1.165) is 44.1 Å². The molecule has 1 aromatic carbocycles. The second-order valence-corrected chi connectivity index (χ2v) is 8.31. The molecule has 5 nitrogen and oxygen atoms in total. The van der Waals surface area contributed by atoms with Gasteiger partial charge in [-0.25, -0.2) is 4.39 Å². The van der Waals surface area contributed by atoms with Crippen molar-refractivity contribution in [1.82, 2.24) is 20.4 Å². The maximum Gasteiger partial charge on any atom is 0.191 e. The molecule has 0 atom stereocenters. The Morgan fingerprint density at radius 2 is 1.86 bits per heavy atom. The highest BCUT2D eigenvalue weighted by Gasteiger charge is 2.39. The molecule has 28 heavy (non-hydrogen) atoms. The molecule has 0 aromatic heterocycles. The minimum atomic E-state index is -0.175. The molecule has 0 unspecified atom stereocenters. The largest absolute Gasteiger partial charge is 0.356 e. The van der Waals surface area contributed by atoms with Crippen LogP contribution >= 0.6 is 0 Å². The topological polar surface area (TPSA) is 42.9 Å². The van der Waals surface area contributed by atoms with Gasteiger partial charge in [0, 0.05) is 25.7 Å². The molecule has 1 aromatic rings. The molecule has 0 amide bonds. The van der Waals surface area contributed by atoms with Crippen LogP contribution in [0.1, 0.15) is 37.7 Å². The molecule has 0 bridgehead atoms. The van der Waals surface area contributed by atoms with Gasteiger partial charge >= 0.3 is 0 Å². The predicted molar refractivity (Wildman–Crippen MR) is 114 cm³/mol. The number of nitrogens with zero attached hydrogens (tertiary/aromatic N) is 3. The van der Waals surface area contributed by atoms with Crippen molar-refractivity contribution in [2.75, 3.05) is 53.4 Å². The molecule has 2 heterocycles. The van der Waals surface area contributed by atoms with Gasteiger partial charge in [-0.05, 0) is 83.0 Å². The molecule has 2 aliphatic heterocycles. The average molecular weight is 390 g/mol. The molecule has 0 saturated carbocycles. The summed E-state index contributed by atoms with van der Waals surface area (Å²) in [6, 6.07) is 6.81. The van der Waals surface area contributed by atoms with E-state index in [0.29, 0.717) is 0 Å². The predicted octanol–water partition coefficient (Wildman–Crippen LogP) is 2.48. The number of likely N-dealkylation sites (tertiary alicyclic amines) is 2. The second-order valence-electron chi connectivity index (χ2n) is 8.31. The molecule has 2 aliphatic rings. The van der Waals surface area contributed by atoms with Crippen molar-refractivity contribution >= 4 is 5.96 Å². The zero-order chi connectivity index (χ0) is 19.8. The lowest BCUT2D eigenvalue weighted by Crippen LogP contribution is -2.62. The number of rotatable bonds is 6. The molecule has 6 heteroatoms. The lowest BCUT2D eigenvalue weighted by molar-refractivity contribution is 0.0173. The van der Waals surface area contributed by atoms with Crippen LogP contribution in [0.4, 0.5) is 4.39 Å². The van der Waals surface area contributed by atoms with Gasteiger partial charge in [-0.3, -0.25) is 9.89 Å². The van der Waals surface area contributed by atoms with Crippen LogP contribution < -0.4 is 10.6 Å². The summed E-state index contributed by atoms with van der Waals surface area (Å²) in [5.74, 6) is 0.664. The summed E-state index contributed by atoms with van der Waals surface area (Å²) < 4.78 is 13.3. The zero-order valence-electron chi connectivity index (χ0n) is 17.5. The Balaban J connectivity index is 1.53. The number of nitrogens with one attached hydrogen (secondary N) is 2. The fourth-order valence-corrected chi connectivity index (χ4v) is 4.49. The minimum absolute atomic E-state index is 0.175. The highest BCUT2D eigenvalue weighted by atomic mass is 19.1. The number of aliphatic imine (C=N–C) groups is 1. The summed E-state index contributed by atoms with van der Waals surface area (Å²) in [5, 5.41) is 6.99. The number of hydrogen-bond donors (Lipinski definition) is 2. The molecule has 0 radical (unpaired) electrons. The van der Waals surface area contributed by atoms with Gasteiger partial charge in [0.1, 0.15) is 5.82 Å². The molecule has 156 valence electrons. The van der Waals surface area contributed by atoms with Crippen LogP contribution in [0, 0.1) is 5.82 Å². The third-order valence-corrected chi connectivity index (χ3v) is 6.35. The monoisotopic (exact) mass is 389 g/mol. The number of piperidine rings is 2. The standard InChI is InChI=1S/C22H36FN5/c1-24-21(25-12-9-19-7-6-8-20(23)17-19)26-18-22(10-15-27(2)16-11-22)28-13-4-3-5-14-28/h6-8,17H,3-5,9-16,18H2,1-2H3,(H2,24,25,26). The first-order valence-electron chi connectivity index (χ1n) is 10.7. The lowest BCUT2D eigenvalue weighted by atomic mass is 9.84. The van der Waals surface area contributed by atoms with Gasteiger partial charge < -0.3 is 15.5 Å². The van der Waals surface area contributed by atoms with Gasteiger partial charge in [0.2, 0.25) is 0 Å². The van der Waals surface area contributed by atoms with Crippen LogP contribution in [0.3, 0.4) is 0 Å². The van der Waals surface area contributed by atoms with Gasteiger partial charge in [-0.15, -0.1) is 0 Å². The Labute approximate surface area is 169 Å². The lowest BCUT2D eigenvalue weighted by Gasteiger charge is -2.50. The fraction of sp³-hybridized carbons (Fsp3) is 0.682. The van der Waals surface area contributed by atoms with Crippen molar-refractivity contribution in [2.45, 2.75) is 44.1 Å². The molecule has 0 aliphatic carbocycles. The zero-order valence-corrected chi connectivity index (χ0v) is 17.5. The Bertz CT molecular complexity index is 634. The van der Waals surface area contributed by atoms with Crippen molar-refractivity contribution in [3.05, 3.63) is 35.6 Å². The van der Waals surface area contributed by atoms with Crippen molar-refractivity contribution in [2.24, 2.45) is 4.99 Å². The average Bonchev–Trinajstić information content (AvgIpc) is 2.73. The van der Waals surface area contributed by atoms with Crippen LogP contribution in [0.2, 0.25) is 0 Å². The first-order valence-corrected chi connectivity index (χ1v) is 10.7. The van der Waals surface area contributed by atoms with Gasteiger partial charge in [-0.2, -0.15) is 0 Å². The van der Waals surface area contributed by atoms with Crippen LogP contribution in [0.5, 0.6) is 0 Å². The van der Waals surface area contributed by atoms with Crippen molar-refractivity contribution in [3.8, 4) is 0 Å². The van der Waals surface area contributed by atoms with E-state index < -0.39 is 0 Å². The van der Waals surface area contributed by atoms with Crippen LogP contribution in [-0.2, 0) is 6.42 Å². The normalized spacial score (nSPS) is 21.5. The number of guanidine groups is 1. The maximum atomic E-state index is 13.3. The molecule has 3 rings (SSSR count). The number of benzene rings is 1. The summed E-state index contributed by atoms with van der Waals surface area (Å²) in [6.07, 6.45) is 7.19. The number of hydrogen-bond acceptors (Lipinski definition) is 3.